The van der Waals surface area contributed by atoms with Crippen molar-refractivity contribution in [1.82, 2.24) is 24.6 Å². The molecule has 9 nitrogen and oxygen atoms in total. The summed E-state index contributed by atoms with van der Waals surface area (Å²) in [5.74, 6) is 0.177. The first-order valence-electron chi connectivity index (χ1n) is 8.03. The van der Waals surface area contributed by atoms with E-state index in [2.05, 4.69) is 15.4 Å². The molecule has 0 unspecified atom stereocenters. The summed E-state index contributed by atoms with van der Waals surface area (Å²) >= 11 is 0. The average molecular weight is 355 g/mol. The zero-order chi connectivity index (χ0) is 18.4. The first-order valence-corrected chi connectivity index (χ1v) is 8.03. The van der Waals surface area contributed by atoms with E-state index in [-0.39, 0.29) is 23.6 Å². The van der Waals surface area contributed by atoms with Crippen molar-refractivity contribution in [2.45, 2.75) is 19.5 Å². The molecule has 0 saturated heterocycles. The lowest BCUT2D eigenvalue weighted by Gasteiger charge is -2.08. The highest BCUT2D eigenvalue weighted by molar-refractivity contribution is 5.75. The zero-order valence-corrected chi connectivity index (χ0v) is 13.9. The van der Waals surface area contributed by atoms with Crippen molar-refractivity contribution < 1.29 is 9.21 Å². The third-order valence-corrected chi connectivity index (χ3v) is 3.62. The number of aryl methyl sites for hydroxylation is 1. The van der Waals surface area contributed by atoms with Gasteiger partial charge in [-0.3, -0.25) is 19.0 Å². The van der Waals surface area contributed by atoms with E-state index in [4.69, 9.17) is 4.42 Å². The fraction of sp³-hybridized carbons (Fsp3) is 0.235. The average Bonchev–Trinajstić information content (AvgIpc) is 3.16. The molecule has 0 fully saturated rings. The summed E-state index contributed by atoms with van der Waals surface area (Å²) in [6.45, 7) is 0.640. The van der Waals surface area contributed by atoms with E-state index in [1.165, 1.54) is 40.2 Å². The van der Waals surface area contributed by atoms with Crippen LogP contribution in [-0.2, 0) is 17.9 Å². The Hall–Kier alpha value is -3.49. The molecule has 3 aromatic rings. The van der Waals surface area contributed by atoms with Gasteiger partial charge in [-0.2, -0.15) is 5.10 Å². The Morgan fingerprint density at radius 1 is 1.19 bits per heavy atom. The quantitative estimate of drug-likeness (QED) is 0.609. The van der Waals surface area contributed by atoms with E-state index in [0.29, 0.717) is 31.0 Å². The summed E-state index contributed by atoms with van der Waals surface area (Å²) < 4.78 is 7.73. The van der Waals surface area contributed by atoms with Gasteiger partial charge in [-0.15, -0.1) is 0 Å². The minimum Gasteiger partial charge on any atom is -0.463 e. The molecule has 0 aliphatic heterocycles. The van der Waals surface area contributed by atoms with E-state index in [1.807, 2.05) is 0 Å². The molecule has 1 N–H and O–H groups in total. The number of hydrogen-bond acceptors (Lipinski definition) is 6. The van der Waals surface area contributed by atoms with Crippen LogP contribution in [0.15, 0.2) is 63.1 Å². The van der Waals surface area contributed by atoms with Gasteiger partial charge in [0, 0.05) is 31.4 Å². The molecule has 0 aromatic carbocycles. The molecule has 134 valence electrons. The summed E-state index contributed by atoms with van der Waals surface area (Å²) in [5.41, 5.74) is -0.118. The second kappa shape index (κ2) is 8.06. The van der Waals surface area contributed by atoms with E-state index >= 15 is 0 Å². The molecular formula is C17H17N5O4. The van der Waals surface area contributed by atoms with Crippen molar-refractivity contribution in [3.05, 3.63) is 69.8 Å². The number of carbonyl (C=O) groups is 1. The van der Waals surface area contributed by atoms with Crippen LogP contribution in [-0.4, -0.2) is 31.8 Å². The van der Waals surface area contributed by atoms with E-state index in [0.717, 1.165) is 0 Å². The number of nitrogens with one attached hydrogen (secondary N) is 1. The summed E-state index contributed by atoms with van der Waals surface area (Å²) in [4.78, 5) is 39.7. The van der Waals surface area contributed by atoms with Crippen LogP contribution in [0.25, 0.3) is 11.5 Å². The number of hydrogen-bond donors (Lipinski definition) is 1. The minimum absolute atomic E-state index is 0.131. The Balaban J connectivity index is 1.50. The molecule has 0 bridgehead atoms. The number of furan rings is 1. The van der Waals surface area contributed by atoms with Crippen LogP contribution in [0.3, 0.4) is 0 Å². The van der Waals surface area contributed by atoms with Gasteiger partial charge < -0.3 is 9.73 Å². The van der Waals surface area contributed by atoms with Gasteiger partial charge in [0.1, 0.15) is 12.2 Å². The maximum absolute atomic E-state index is 12.1. The van der Waals surface area contributed by atoms with E-state index in [1.54, 1.807) is 18.2 Å². The predicted octanol–water partition coefficient (Wildman–Crippen LogP) is 0.266. The summed E-state index contributed by atoms with van der Waals surface area (Å²) in [7, 11) is 0. The summed E-state index contributed by atoms with van der Waals surface area (Å²) in [6, 6.07) is 7.72. The van der Waals surface area contributed by atoms with Crippen LogP contribution in [0, 0.1) is 0 Å². The summed E-state index contributed by atoms with van der Waals surface area (Å²) in [6.07, 6.45) is 4.89. The van der Waals surface area contributed by atoms with Crippen LogP contribution >= 0.6 is 0 Å². The topological polar surface area (TPSA) is 112 Å². The highest BCUT2D eigenvalue weighted by Gasteiger charge is 2.08. The molecule has 0 atom stereocenters. The highest BCUT2D eigenvalue weighted by atomic mass is 16.3. The molecule has 0 saturated carbocycles. The lowest BCUT2D eigenvalue weighted by molar-refractivity contribution is -0.121. The molecule has 26 heavy (non-hydrogen) atoms. The maximum Gasteiger partial charge on any atom is 0.266 e. The van der Waals surface area contributed by atoms with Gasteiger partial charge in [-0.05, 0) is 24.6 Å². The van der Waals surface area contributed by atoms with Gasteiger partial charge in [0.25, 0.3) is 11.1 Å². The molecule has 3 aromatic heterocycles. The van der Waals surface area contributed by atoms with Crippen molar-refractivity contribution in [2.24, 2.45) is 0 Å². The van der Waals surface area contributed by atoms with Gasteiger partial charge in [-0.1, -0.05) is 0 Å². The van der Waals surface area contributed by atoms with Crippen molar-refractivity contribution in [3.8, 4) is 11.5 Å². The first kappa shape index (κ1) is 17.3. The standard InChI is InChI=1S/C17H17N5O4/c23-15(18-6-3-8-22-16(24)5-1-7-20-22)11-21-12-19-13(10-17(21)25)14-4-2-9-26-14/h1-2,4-5,7,9-10,12H,3,6,8,11H2,(H,18,23). The van der Waals surface area contributed by atoms with Crippen molar-refractivity contribution in [1.29, 1.82) is 0 Å². The van der Waals surface area contributed by atoms with E-state index < -0.39 is 0 Å². The monoisotopic (exact) mass is 355 g/mol. The molecule has 1 amide bonds. The number of rotatable bonds is 7. The second-order valence-corrected chi connectivity index (χ2v) is 5.51. The number of aromatic nitrogens is 4. The molecule has 0 aliphatic carbocycles. The van der Waals surface area contributed by atoms with Crippen LogP contribution in [0.4, 0.5) is 0 Å². The fourth-order valence-electron chi connectivity index (χ4n) is 2.33. The van der Waals surface area contributed by atoms with Gasteiger partial charge >= 0.3 is 0 Å². The van der Waals surface area contributed by atoms with Crippen LogP contribution in [0.5, 0.6) is 0 Å². The normalized spacial score (nSPS) is 10.6. The SMILES string of the molecule is O=C(Cn1cnc(-c2ccco2)cc1=O)NCCCn1ncccc1=O. The predicted molar refractivity (Wildman–Crippen MR) is 92.3 cm³/mol. The summed E-state index contributed by atoms with van der Waals surface area (Å²) in [5, 5.41) is 6.64. The second-order valence-electron chi connectivity index (χ2n) is 5.51. The number of amides is 1. The highest BCUT2D eigenvalue weighted by Crippen LogP contribution is 2.14. The lowest BCUT2D eigenvalue weighted by atomic mass is 10.3. The molecule has 3 heterocycles. The van der Waals surface area contributed by atoms with Crippen molar-refractivity contribution in [2.75, 3.05) is 6.54 Å². The molecule has 0 aliphatic rings. The van der Waals surface area contributed by atoms with Crippen LogP contribution < -0.4 is 16.4 Å². The van der Waals surface area contributed by atoms with Crippen LogP contribution in [0.1, 0.15) is 6.42 Å². The van der Waals surface area contributed by atoms with Gasteiger partial charge in [0.15, 0.2) is 5.76 Å². The van der Waals surface area contributed by atoms with Crippen LogP contribution in [0.2, 0.25) is 0 Å². The first-order chi connectivity index (χ1) is 12.6. The number of nitrogens with zero attached hydrogens (tertiary/aromatic N) is 4. The van der Waals surface area contributed by atoms with E-state index in [9.17, 15) is 14.4 Å². The third kappa shape index (κ3) is 4.32. The largest absolute Gasteiger partial charge is 0.463 e. The zero-order valence-electron chi connectivity index (χ0n) is 13.9. The third-order valence-electron chi connectivity index (χ3n) is 3.62. The van der Waals surface area contributed by atoms with Gasteiger partial charge in [0.05, 0.1) is 12.6 Å². The Morgan fingerprint density at radius 3 is 2.81 bits per heavy atom. The molecule has 0 spiro atoms. The Kier molecular flexibility index (Phi) is 5.37. The fourth-order valence-corrected chi connectivity index (χ4v) is 2.33. The Morgan fingerprint density at radius 2 is 2.08 bits per heavy atom. The molecule has 3 rings (SSSR count). The molecular weight excluding hydrogens is 338 g/mol. The molecule has 0 radical (unpaired) electrons. The Labute approximate surface area is 147 Å². The van der Waals surface area contributed by atoms with Crippen molar-refractivity contribution in [3.63, 3.8) is 0 Å². The molecule has 9 heteroatoms. The van der Waals surface area contributed by atoms with Gasteiger partial charge in [-0.25, -0.2) is 9.67 Å². The minimum atomic E-state index is -0.346. The van der Waals surface area contributed by atoms with Crippen molar-refractivity contribution >= 4 is 5.91 Å². The lowest BCUT2D eigenvalue weighted by Crippen LogP contribution is -2.33. The number of carbonyl (C=O) groups excluding carboxylic acids is 1. The van der Waals surface area contributed by atoms with Gasteiger partial charge in [0.2, 0.25) is 5.91 Å². The maximum atomic E-state index is 12.1. The smallest absolute Gasteiger partial charge is 0.266 e. The Bertz CT molecular complexity index is 991.